The number of amides is 2. The van der Waals surface area contributed by atoms with Gasteiger partial charge in [-0.15, -0.1) is 0 Å². The molecule has 1 unspecified atom stereocenters. The molecule has 1 atom stereocenters. The standard InChI is InChI=1S/C15H20F3N3O/c1-11(8-19-14(22)20-10-15(16,17)18)21-7-6-12-4-2-3-5-13(12)9-21/h2-5,11H,6-10H2,1H3,(H2,19,20,22). The van der Waals surface area contributed by atoms with Crippen LogP contribution in [0.5, 0.6) is 0 Å². The molecule has 0 saturated carbocycles. The minimum absolute atomic E-state index is 0.0602. The molecule has 0 fully saturated rings. The predicted octanol–water partition coefficient (Wildman–Crippen LogP) is 2.29. The van der Waals surface area contributed by atoms with Gasteiger partial charge in [0.1, 0.15) is 6.54 Å². The van der Waals surface area contributed by atoms with Gasteiger partial charge >= 0.3 is 12.2 Å². The van der Waals surface area contributed by atoms with Crippen molar-refractivity contribution < 1.29 is 18.0 Å². The second-order valence-corrected chi connectivity index (χ2v) is 5.52. The molecule has 1 aliphatic heterocycles. The van der Waals surface area contributed by atoms with E-state index >= 15 is 0 Å². The van der Waals surface area contributed by atoms with Crippen LogP contribution in [0.2, 0.25) is 0 Å². The van der Waals surface area contributed by atoms with E-state index in [0.29, 0.717) is 6.54 Å². The van der Waals surface area contributed by atoms with E-state index < -0.39 is 18.8 Å². The summed E-state index contributed by atoms with van der Waals surface area (Å²) in [5.41, 5.74) is 2.60. The monoisotopic (exact) mass is 315 g/mol. The van der Waals surface area contributed by atoms with E-state index in [4.69, 9.17) is 0 Å². The van der Waals surface area contributed by atoms with Crippen molar-refractivity contribution in [3.05, 3.63) is 35.4 Å². The Labute approximate surface area is 127 Å². The van der Waals surface area contributed by atoms with Crippen LogP contribution in [0.25, 0.3) is 0 Å². The highest BCUT2D eigenvalue weighted by Gasteiger charge is 2.28. The molecule has 1 aromatic carbocycles. The molecule has 22 heavy (non-hydrogen) atoms. The molecule has 0 bridgehead atoms. The second-order valence-electron chi connectivity index (χ2n) is 5.52. The van der Waals surface area contributed by atoms with Crippen molar-refractivity contribution in [3.8, 4) is 0 Å². The molecular formula is C15H20F3N3O. The second kappa shape index (κ2) is 7.00. The van der Waals surface area contributed by atoms with Crippen molar-refractivity contribution in [1.82, 2.24) is 15.5 Å². The highest BCUT2D eigenvalue weighted by molar-refractivity contribution is 5.73. The zero-order valence-corrected chi connectivity index (χ0v) is 12.4. The summed E-state index contributed by atoms with van der Waals surface area (Å²) in [5, 5.41) is 4.29. The summed E-state index contributed by atoms with van der Waals surface area (Å²) in [4.78, 5) is 13.5. The van der Waals surface area contributed by atoms with Crippen LogP contribution in [0.4, 0.5) is 18.0 Å². The van der Waals surface area contributed by atoms with Gasteiger partial charge in [0.15, 0.2) is 0 Å². The van der Waals surface area contributed by atoms with Gasteiger partial charge in [-0.2, -0.15) is 13.2 Å². The Kier molecular flexibility index (Phi) is 5.28. The summed E-state index contributed by atoms with van der Waals surface area (Å²) in [7, 11) is 0. The van der Waals surface area contributed by atoms with Crippen LogP contribution in [0.3, 0.4) is 0 Å². The van der Waals surface area contributed by atoms with Gasteiger partial charge < -0.3 is 10.6 Å². The van der Waals surface area contributed by atoms with Crippen LogP contribution >= 0.6 is 0 Å². The number of urea groups is 1. The number of fused-ring (bicyclic) bond motifs is 1. The fourth-order valence-electron chi connectivity index (χ4n) is 2.51. The van der Waals surface area contributed by atoms with E-state index in [1.807, 2.05) is 19.1 Å². The molecule has 7 heteroatoms. The summed E-state index contributed by atoms with van der Waals surface area (Å²) >= 11 is 0. The van der Waals surface area contributed by atoms with E-state index in [1.54, 1.807) is 5.32 Å². The molecule has 0 aliphatic carbocycles. The normalized spacial score (nSPS) is 16.7. The molecule has 0 spiro atoms. The lowest BCUT2D eigenvalue weighted by molar-refractivity contribution is -0.122. The van der Waals surface area contributed by atoms with Crippen LogP contribution in [0.1, 0.15) is 18.1 Å². The largest absolute Gasteiger partial charge is 0.405 e. The Balaban J connectivity index is 1.76. The van der Waals surface area contributed by atoms with E-state index in [1.165, 1.54) is 11.1 Å². The first-order valence-corrected chi connectivity index (χ1v) is 7.24. The Bertz CT molecular complexity index is 519. The van der Waals surface area contributed by atoms with Gasteiger partial charge in [-0.25, -0.2) is 4.79 Å². The van der Waals surface area contributed by atoms with Gasteiger partial charge in [0.25, 0.3) is 0 Å². The summed E-state index contributed by atoms with van der Waals surface area (Å²) in [6.07, 6.45) is -3.44. The summed E-state index contributed by atoms with van der Waals surface area (Å²) in [5.74, 6) is 0. The third-order valence-corrected chi connectivity index (χ3v) is 3.79. The summed E-state index contributed by atoms with van der Waals surface area (Å²) < 4.78 is 36.0. The maximum atomic E-state index is 12.0. The number of hydrogen-bond donors (Lipinski definition) is 2. The number of halogens is 3. The first-order chi connectivity index (χ1) is 10.3. The van der Waals surface area contributed by atoms with Gasteiger partial charge in [-0.05, 0) is 24.5 Å². The van der Waals surface area contributed by atoms with Crippen LogP contribution in [-0.2, 0) is 13.0 Å². The number of benzene rings is 1. The highest BCUT2D eigenvalue weighted by atomic mass is 19.4. The van der Waals surface area contributed by atoms with Gasteiger partial charge in [-0.3, -0.25) is 4.90 Å². The topological polar surface area (TPSA) is 44.4 Å². The molecule has 1 aromatic rings. The smallest absolute Gasteiger partial charge is 0.337 e. The Morgan fingerprint density at radius 2 is 1.95 bits per heavy atom. The highest BCUT2D eigenvalue weighted by Crippen LogP contribution is 2.19. The summed E-state index contributed by atoms with van der Waals surface area (Å²) in [6.45, 7) is 2.63. The van der Waals surface area contributed by atoms with E-state index in [2.05, 4.69) is 22.3 Å². The molecule has 1 aliphatic rings. The molecule has 2 amide bonds. The molecule has 4 nitrogen and oxygen atoms in total. The molecule has 2 N–H and O–H groups in total. The number of alkyl halides is 3. The number of nitrogens with zero attached hydrogens (tertiary/aromatic N) is 1. The average molecular weight is 315 g/mol. The third-order valence-electron chi connectivity index (χ3n) is 3.79. The van der Waals surface area contributed by atoms with Crippen molar-refractivity contribution in [1.29, 1.82) is 0 Å². The van der Waals surface area contributed by atoms with Crippen molar-refractivity contribution in [2.75, 3.05) is 19.6 Å². The number of carbonyl (C=O) groups is 1. The number of rotatable bonds is 4. The third kappa shape index (κ3) is 4.91. The first-order valence-electron chi connectivity index (χ1n) is 7.24. The molecule has 122 valence electrons. The fourth-order valence-corrected chi connectivity index (χ4v) is 2.51. The molecule has 0 aromatic heterocycles. The average Bonchev–Trinajstić information content (AvgIpc) is 2.49. The maximum Gasteiger partial charge on any atom is 0.405 e. The lowest BCUT2D eigenvalue weighted by atomic mass is 9.99. The summed E-state index contributed by atoms with van der Waals surface area (Å²) in [6, 6.07) is 7.48. The SMILES string of the molecule is CC(CNC(=O)NCC(F)(F)F)N1CCc2ccccc2C1. The minimum atomic E-state index is -4.39. The van der Waals surface area contributed by atoms with Gasteiger partial charge in [-0.1, -0.05) is 24.3 Å². The minimum Gasteiger partial charge on any atom is -0.337 e. The Morgan fingerprint density at radius 1 is 1.27 bits per heavy atom. The molecule has 1 heterocycles. The number of hydrogen-bond acceptors (Lipinski definition) is 2. The molecule has 0 saturated heterocycles. The first kappa shape index (κ1) is 16.6. The van der Waals surface area contributed by atoms with E-state index in [9.17, 15) is 18.0 Å². The van der Waals surface area contributed by atoms with Gasteiger partial charge in [0, 0.05) is 25.7 Å². The van der Waals surface area contributed by atoms with Crippen LogP contribution in [0, 0.1) is 0 Å². The van der Waals surface area contributed by atoms with E-state index in [0.717, 1.165) is 19.5 Å². The Morgan fingerprint density at radius 3 is 2.64 bits per heavy atom. The quantitative estimate of drug-likeness (QED) is 0.895. The van der Waals surface area contributed by atoms with Crippen molar-refractivity contribution in [3.63, 3.8) is 0 Å². The van der Waals surface area contributed by atoms with Crippen molar-refractivity contribution >= 4 is 6.03 Å². The zero-order chi connectivity index (χ0) is 16.2. The van der Waals surface area contributed by atoms with Crippen molar-refractivity contribution in [2.24, 2.45) is 0 Å². The lowest BCUT2D eigenvalue weighted by Crippen LogP contribution is -2.47. The van der Waals surface area contributed by atoms with Crippen LogP contribution in [0.15, 0.2) is 24.3 Å². The van der Waals surface area contributed by atoms with E-state index in [-0.39, 0.29) is 6.04 Å². The predicted molar refractivity (Wildman–Crippen MR) is 77.5 cm³/mol. The maximum absolute atomic E-state index is 12.0. The number of nitrogens with one attached hydrogen (secondary N) is 2. The van der Waals surface area contributed by atoms with Crippen LogP contribution in [-0.4, -0.2) is 42.8 Å². The van der Waals surface area contributed by atoms with Crippen molar-refractivity contribution in [2.45, 2.75) is 32.1 Å². The zero-order valence-electron chi connectivity index (χ0n) is 12.4. The molecular weight excluding hydrogens is 295 g/mol. The number of carbonyl (C=O) groups excluding carboxylic acids is 1. The van der Waals surface area contributed by atoms with Gasteiger partial charge in [0.2, 0.25) is 0 Å². The molecule has 2 rings (SSSR count). The van der Waals surface area contributed by atoms with Crippen LogP contribution < -0.4 is 10.6 Å². The van der Waals surface area contributed by atoms with Gasteiger partial charge in [0.05, 0.1) is 0 Å². The Hall–Kier alpha value is -1.76. The lowest BCUT2D eigenvalue weighted by Gasteiger charge is -2.33. The fraction of sp³-hybridized carbons (Fsp3) is 0.533. The molecule has 0 radical (unpaired) electrons.